The van der Waals surface area contributed by atoms with Gasteiger partial charge < -0.3 is 46.0 Å². The number of carboxylic acid groups (broad SMARTS) is 9. The van der Waals surface area contributed by atoms with E-state index in [1.54, 1.807) is 62.4 Å². The smallest absolute Gasteiger partial charge is 0.310 e. The fourth-order valence-electron chi connectivity index (χ4n) is 11.0. The maximum absolute atomic E-state index is 11.3. The van der Waals surface area contributed by atoms with E-state index in [9.17, 15) is 43.2 Å². The molecule has 0 aromatic heterocycles. The van der Waals surface area contributed by atoms with Gasteiger partial charge in [0, 0.05) is 78.1 Å². The standard InChI is InChI=1S/9C13H18O2/c9*1-9(2)8-11-4-6-12(7-5-11)10(3)13(14)15/h9*4-7,9-10H,8H2,1-3H3,(H,14,15)/i3D3,8D2,9D,10D;1D3,2D3,3D3,10D;8D2,9D,10D;3D3,8D2,9D;1D3,2D3,10D;1D3,2D3,3D3;8D2,9D;1D3,8D2;1D3,2D3. The van der Waals surface area contributed by atoms with Gasteiger partial charge in [0.15, 0.2) is 0 Å². The Morgan fingerprint density at radius 3 is 0.496 bits per heavy atom. The van der Waals surface area contributed by atoms with Crippen LogP contribution in [0.4, 0.5) is 0 Å². The summed E-state index contributed by atoms with van der Waals surface area (Å²) >= 11 is 0. The van der Waals surface area contributed by atoms with Gasteiger partial charge in [-0.3, -0.25) is 43.2 Å². The predicted molar refractivity (Wildman–Crippen MR) is 549 cm³/mol. The highest BCUT2D eigenvalue weighted by Gasteiger charge is 2.21. The topological polar surface area (TPSA) is 336 Å². The average molecular weight is 1910 g/mol. The lowest BCUT2D eigenvalue weighted by atomic mass is 9.97. The first kappa shape index (κ1) is 56.7. The van der Waals surface area contributed by atoms with Crippen LogP contribution in [-0.2, 0) is 101 Å². The molecule has 0 heterocycles. The van der Waals surface area contributed by atoms with Crippen molar-refractivity contribution in [3.63, 3.8) is 0 Å². The molecule has 0 aliphatic carbocycles. The summed E-state index contributed by atoms with van der Waals surface area (Å²) in [5, 5.41) is 81.1. The second-order valence-electron chi connectivity index (χ2n) is 31.2. The quantitative estimate of drug-likeness (QED) is 0.0176. The Morgan fingerprint density at radius 1 is 0.193 bits per heavy atom. The highest BCUT2D eigenvalue weighted by Crippen LogP contribution is 2.27. The molecule has 0 radical (unpaired) electrons. The third-order valence-electron chi connectivity index (χ3n) is 18.4. The van der Waals surface area contributed by atoms with Crippen molar-refractivity contribution < 1.29 is 167 Å². The van der Waals surface area contributed by atoms with E-state index >= 15 is 0 Å². The molecule has 9 rings (SSSR count). The Bertz CT molecular complexity index is 7390. The SMILES string of the molecule is [2H]C(C)(C(=O)O)c1ccc(C([2H])([2H])C([2H])(C)C)cc1.[2H]C(C)(C(=O)O)c1ccc(CC(C([2H])([2H])[2H])C([2H])([2H])[2H])cc1.[2H]C(C)(C)C([2H])([2H])c1ccc(C(C)C(=O)O)cc1.[2H]C([2H])([2H])C(C(=O)O)c1ccc(C([2H])([2H])C([2H])(C)C)cc1.[2H]C([2H])([2H])C(C(=O)O)c1ccc(CC(C([2H])([2H])[2H])C([2H])([2H])[2H])cc1.[2H]C([2H])([2H])C(C)C([2H])([2H])c1ccc(C(C)C(=O)O)cc1.[2H]C([2H])([2H])C(Cc1ccc(C(C)C(=O)O)cc1)C([2H])([2H])[2H].[2H]C([2H])([2H])C(Cc1ccc(C([2H])(C(=O)O)C([2H])([2H])[2H])cc1)C([2H])([2H])[2H].[2H]C([2H])([2H])C([2H])(C(=O)O)c1ccc(C([2H])([2H])C([2H])(C)C)cc1. The van der Waals surface area contributed by atoms with Crippen molar-refractivity contribution >= 4 is 53.7 Å². The van der Waals surface area contributed by atoms with Gasteiger partial charge in [-0.15, -0.1) is 0 Å². The van der Waals surface area contributed by atoms with Crippen molar-refractivity contribution in [1.82, 2.24) is 0 Å². The Morgan fingerprint density at radius 2 is 0.348 bits per heavy atom. The second-order valence-corrected chi connectivity index (χ2v) is 31.2. The van der Waals surface area contributed by atoms with Crippen molar-refractivity contribution in [2.75, 3.05) is 0 Å². The summed E-state index contributed by atoms with van der Waals surface area (Å²) in [5.74, 6) is -39.2. The van der Waals surface area contributed by atoms with Gasteiger partial charge in [-0.05, 0) is 273 Å². The molecule has 10 unspecified atom stereocenters. The van der Waals surface area contributed by atoms with E-state index in [1.807, 2.05) is 0 Å². The minimum absolute atomic E-state index is 0.0468. The lowest BCUT2D eigenvalue weighted by molar-refractivity contribution is -0.139. The van der Waals surface area contributed by atoms with Crippen LogP contribution in [0.25, 0.3) is 0 Å². The van der Waals surface area contributed by atoms with Crippen LogP contribution in [0.2, 0.25) is 0 Å². The molecule has 135 heavy (non-hydrogen) atoms. The summed E-state index contributed by atoms with van der Waals surface area (Å²) < 4.78 is 428. The van der Waals surface area contributed by atoms with Gasteiger partial charge in [-0.1, -0.05) is 342 Å². The number of carbonyl (C=O) groups is 9. The van der Waals surface area contributed by atoms with E-state index in [1.165, 1.54) is 229 Å². The largest absolute Gasteiger partial charge is 0.481 e. The summed E-state index contributed by atoms with van der Waals surface area (Å²) in [5.41, 5.74) is 4.83. The Hall–Kier alpha value is -11.8. The van der Waals surface area contributed by atoms with E-state index in [-0.39, 0.29) is 75.8 Å². The molecule has 0 aliphatic heterocycles. The summed E-state index contributed by atoms with van der Waals surface area (Å²) in [4.78, 5) is 99.4. The van der Waals surface area contributed by atoms with Gasteiger partial charge in [-0.25, -0.2) is 0 Å². The molecule has 9 aromatic rings. The monoisotopic (exact) mass is 1910 g/mol. The predicted octanol–water partition coefficient (Wildman–Crippen LogP) is 27.7. The molecule has 0 saturated heterocycles. The van der Waals surface area contributed by atoms with Crippen LogP contribution < -0.4 is 0 Å². The number of benzene rings is 9. The van der Waals surface area contributed by atoms with Gasteiger partial charge in [0.2, 0.25) is 0 Å². The van der Waals surface area contributed by atoms with Crippen LogP contribution in [0, 0.1) is 53.2 Å². The number of hydrogen-bond acceptors (Lipinski definition) is 9. The third-order valence-corrected chi connectivity index (χ3v) is 18.4. The number of aliphatic carboxylic acids is 9. The van der Waals surface area contributed by atoms with Gasteiger partial charge in [-0.2, -0.15) is 0 Å². The summed E-state index contributed by atoms with van der Waals surface area (Å²) in [6, 6.07) is 50.1. The number of carboxylic acids is 9. The summed E-state index contributed by atoms with van der Waals surface area (Å²) in [7, 11) is 0. The van der Waals surface area contributed by atoms with E-state index in [4.69, 9.17) is 124 Å². The van der Waals surface area contributed by atoms with Gasteiger partial charge in [0.25, 0.3) is 0 Å². The first-order valence-electron chi connectivity index (χ1n) is 70.2. The summed E-state index contributed by atoms with van der Waals surface area (Å²) in [6.07, 6.45) is -10.4. The molecule has 18 heteroatoms. The molecular formula is C117H162O18. The van der Waals surface area contributed by atoms with E-state index < -0.39 is 281 Å². The molecule has 0 amide bonds. The first-order chi connectivity index (χ1) is 85.2. The molecule has 0 aliphatic rings. The van der Waals surface area contributed by atoms with Crippen molar-refractivity contribution in [3.8, 4) is 0 Å². The second kappa shape index (κ2) is 63.5. The van der Waals surface area contributed by atoms with Crippen molar-refractivity contribution in [3.05, 3.63) is 319 Å². The van der Waals surface area contributed by atoms with E-state index in [0.29, 0.717) is 50.1 Å². The van der Waals surface area contributed by atoms with Crippen LogP contribution in [0.5, 0.6) is 0 Å². The minimum Gasteiger partial charge on any atom is -0.481 e. The zero-order valence-corrected chi connectivity index (χ0v) is 77.6. The molecule has 10 atom stereocenters. The molecule has 0 bridgehead atoms. The Labute approximate surface area is 888 Å². The van der Waals surface area contributed by atoms with E-state index in [2.05, 4.69) is 0 Å². The molecule has 9 N–H and O–H groups in total. The number of hydrogen-bond donors (Lipinski definition) is 9. The van der Waals surface area contributed by atoms with Crippen LogP contribution in [0.1, 0.15) is 417 Å². The maximum Gasteiger partial charge on any atom is 0.310 e. The normalized spacial score (nSPS) is 22.2. The summed E-state index contributed by atoms with van der Waals surface area (Å²) in [6.45, 7) is -15.0. The van der Waals surface area contributed by atoms with Crippen LogP contribution in [-0.4, -0.2) is 99.7 Å². The average Bonchev–Trinajstić information content (AvgIpc) is 0.762. The van der Waals surface area contributed by atoms with Crippen LogP contribution in [0.15, 0.2) is 218 Å². The first-order valence-corrected chi connectivity index (χ1v) is 41.7. The van der Waals surface area contributed by atoms with Gasteiger partial charge in [0.1, 0.15) is 0 Å². The van der Waals surface area contributed by atoms with Crippen molar-refractivity contribution in [2.24, 2.45) is 53.2 Å². The van der Waals surface area contributed by atoms with Gasteiger partial charge >= 0.3 is 53.7 Å². The molecule has 9 aromatic carbocycles. The van der Waals surface area contributed by atoms with Crippen molar-refractivity contribution in [1.29, 1.82) is 0 Å². The fraction of sp³-hybridized carbons (Fsp3) is 0.462. The maximum atomic E-state index is 11.3. The highest BCUT2D eigenvalue weighted by atomic mass is 16.4. The van der Waals surface area contributed by atoms with Crippen LogP contribution >= 0.6 is 0 Å². The minimum atomic E-state index is -3.12. The Balaban J connectivity index is 0.00000108. The lowest BCUT2D eigenvalue weighted by Gasteiger charge is -2.09. The fourth-order valence-corrected chi connectivity index (χ4v) is 11.0. The molecule has 0 fully saturated rings. The highest BCUT2D eigenvalue weighted by molar-refractivity contribution is 5.79. The Kier molecular flexibility index (Phi) is 26.6. The molecule has 738 valence electrons. The molecule has 0 saturated carbocycles. The third kappa shape index (κ3) is 50.9. The van der Waals surface area contributed by atoms with Gasteiger partial charge in [0.05, 0.1) is 53.2 Å². The number of rotatable bonds is 36. The molecular weight excluding hydrogens is 1690 g/mol. The lowest BCUT2D eigenvalue weighted by Crippen LogP contribution is -2.07. The van der Waals surface area contributed by atoms with E-state index in [0.717, 1.165) is 24.3 Å². The van der Waals surface area contributed by atoms with Crippen LogP contribution in [0.3, 0.4) is 0 Å². The molecule has 18 nitrogen and oxygen atoms in total. The zero-order valence-electron chi connectivity index (χ0n) is 135. The van der Waals surface area contributed by atoms with Crippen molar-refractivity contribution in [2.45, 2.75) is 297 Å². The molecule has 0 spiro atoms. The zero-order chi connectivity index (χ0) is 152.